The Hall–Kier alpha value is -3.38. The topological polar surface area (TPSA) is 63.3 Å². The summed E-state index contributed by atoms with van der Waals surface area (Å²) in [4.78, 5) is 6.93. The minimum absolute atomic E-state index is 0.474. The van der Waals surface area contributed by atoms with Crippen molar-refractivity contribution in [3.8, 4) is 11.5 Å². The molecule has 1 aliphatic heterocycles. The molecule has 0 spiro atoms. The Morgan fingerprint density at radius 2 is 2.00 bits per heavy atom. The molecular formula is C26H28N4O2. The molecule has 1 aliphatic rings. The Balaban J connectivity index is 1.13. The molecule has 0 saturated carbocycles. The predicted molar refractivity (Wildman–Crippen MR) is 125 cm³/mol. The molecule has 164 valence electrons. The lowest BCUT2D eigenvalue weighted by molar-refractivity contribution is 0.317. The van der Waals surface area contributed by atoms with Gasteiger partial charge in [-0.25, -0.2) is 0 Å². The van der Waals surface area contributed by atoms with Crippen molar-refractivity contribution in [3.05, 3.63) is 83.8 Å². The SMILES string of the molecule is COc1cccc(OCCc2cc(C3CCN(Cc4ccc5ncccc5c4)C3)n[nH]2)c1. The zero-order valence-corrected chi connectivity index (χ0v) is 18.3. The first kappa shape index (κ1) is 20.5. The van der Waals surface area contributed by atoms with Gasteiger partial charge in [-0.1, -0.05) is 18.2 Å². The van der Waals surface area contributed by atoms with Crippen molar-refractivity contribution >= 4 is 10.9 Å². The number of ether oxygens (including phenoxy) is 2. The number of aromatic nitrogens is 3. The van der Waals surface area contributed by atoms with E-state index < -0.39 is 0 Å². The van der Waals surface area contributed by atoms with Gasteiger partial charge in [0, 0.05) is 48.8 Å². The summed E-state index contributed by atoms with van der Waals surface area (Å²) in [7, 11) is 1.66. The molecule has 2 aromatic carbocycles. The van der Waals surface area contributed by atoms with Crippen molar-refractivity contribution in [1.29, 1.82) is 0 Å². The van der Waals surface area contributed by atoms with E-state index in [-0.39, 0.29) is 0 Å². The monoisotopic (exact) mass is 428 g/mol. The Morgan fingerprint density at radius 1 is 1.06 bits per heavy atom. The Morgan fingerprint density at radius 3 is 2.94 bits per heavy atom. The van der Waals surface area contributed by atoms with Crippen LogP contribution in [0, 0.1) is 0 Å². The van der Waals surface area contributed by atoms with E-state index in [1.165, 1.54) is 10.9 Å². The van der Waals surface area contributed by atoms with E-state index in [1.807, 2.05) is 36.5 Å². The third kappa shape index (κ3) is 4.75. The first-order chi connectivity index (χ1) is 15.8. The number of hydrogen-bond donors (Lipinski definition) is 1. The van der Waals surface area contributed by atoms with E-state index in [1.54, 1.807) is 7.11 Å². The second-order valence-electron chi connectivity index (χ2n) is 8.35. The normalized spacial score (nSPS) is 16.5. The molecule has 0 aliphatic carbocycles. The van der Waals surface area contributed by atoms with Crippen molar-refractivity contribution in [2.45, 2.75) is 25.3 Å². The fourth-order valence-corrected chi connectivity index (χ4v) is 4.39. The Kier molecular flexibility index (Phi) is 6.03. The van der Waals surface area contributed by atoms with Gasteiger partial charge in [0.25, 0.3) is 0 Å². The van der Waals surface area contributed by atoms with Crippen LogP contribution in [-0.4, -0.2) is 46.9 Å². The van der Waals surface area contributed by atoms with Crippen LogP contribution >= 0.6 is 0 Å². The minimum Gasteiger partial charge on any atom is -0.497 e. The van der Waals surface area contributed by atoms with Gasteiger partial charge in [0.05, 0.1) is 24.9 Å². The van der Waals surface area contributed by atoms with Crippen LogP contribution in [0.2, 0.25) is 0 Å². The zero-order valence-electron chi connectivity index (χ0n) is 18.3. The van der Waals surface area contributed by atoms with Crippen LogP contribution < -0.4 is 9.47 Å². The molecule has 3 heterocycles. The molecule has 0 radical (unpaired) electrons. The number of benzene rings is 2. The number of aromatic amines is 1. The summed E-state index contributed by atoms with van der Waals surface area (Å²) in [5.41, 5.74) is 4.66. The van der Waals surface area contributed by atoms with E-state index in [2.05, 4.69) is 50.4 Å². The molecule has 1 saturated heterocycles. The van der Waals surface area contributed by atoms with Crippen LogP contribution in [0.4, 0.5) is 0 Å². The smallest absolute Gasteiger partial charge is 0.123 e. The molecule has 1 N–H and O–H groups in total. The summed E-state index contributed by atoms with van der Waals surface area (Å²) < 4.78 is 11.1. The van der Waals surface area contributed by atoms with E-state index in [9.17, 15) is 0 Å². The molecule has 0 bridgehead atoms. The van der Waals surface area contributed by atoms with Gasteiger partial charge < -0.3 is 9.47 Å². The molecule has 1 fully saturated rings. The number of fused-ring (bicyclic) bond motifs is 1. The summed E-state index contributed by atoms with van der Waals surface area (Å²) in [6.45, 7) is 3.70. The highest BCUT2D eigenvalue weighted by Crippen LogP contribution is 2.28. The summed E-state index contributed by atoms with van der Waals surface area (Å²) in [6, 6.07) is 20.6. The maximum absolute atomic E-state index is 5.86. The molecule has 4 aromatic rings. The molecular weight excluding hydrogens is 400 g/mol. The van der Waals surface area contributed by atoms with Gasteiger partial charge in [0.2, 0.25) is 0 Å². The highest BCUT2D eigenvalue weighted by atomic mass is 16.5. The van der Waals surface area contributed by atoms with Gasteiger partial charge in [-0.05, 0) is 54.9 Å². The Bertz CT molecular complexity index is 1190. The summed E-state index contributed by atoms with van der Waals surface area (Å²) in [5, 5.41) is 9.00. The molecule has 6 heteroatoms. The second-order valence-corrected chi connectivity index (χ2v) is 8.35. The van der Waals surface area contributed by atoms with E-state index in [0.29, 0.717) is 12.5 Å². The molecule has 5 rings (SSSR count). The molecule has 1 atom stereocenters. The van der Waals surface area contributed by atoms with Gasteiger partial charge in [-0.3, -0.25) is 15.0 Å². The molecule has 1 unspecified atom stereocenters. The predicted octanol–water partition coefficient (Wildman–Crippen LogP) is 4.58. The highest BCUT2D eigenvalue weighted by Gasteiger charge is 2.25. The Labute approximate surface area is 188 Å². The van der Waals surface area contributed by atoms with E-state index in [4.69, 9.17) is 9.47 Å². The van der Waals surface area contributed by atoms with E-state index in [0.717, 1.165) is 60.9 Å². The number of H-pyrrole nitrogens is 1. The van der Waals surface area contributed by atoms with E-state index >= 15 is 0 Å². The fourth-order valence-electron chi connectivity index (χ4n) is 4.39. The van der Waals surface area contributed by atoms with Crippen molar-refractivity contribution in [2.24, 2.45) is 0 Å². The summed E-state index contributed by atoms with van der Waals surface area (Å²) in [5.74, 6) is 2.10. The third-order valence-electron chi connectivity index (χ3n) is 6.10. The lowest BCUT2D eigenvalue weighted by Crippen LogP contribution is -2.19. The summed E-state index contributed by atoms with van der Waals surface area (Å²) >= 11 is 0. The fraction of sp³-hybridized carbons (Fsp3) is 0.308. The van der Waals surface area contributed by atoms with Crippen molar-refractivity contribution in [3.63, 3.8) is 0 Å². The standard InChI is InChI=1S/C26H28N4O2/c1-31-23-5-2-6-24(16-23)32-13-10-22-15-26(29-28-22)21-9-12-30(18-21)17-19-7-8-25-20(14-19)4-3-11-27-25/h2-8,11,14-16,21H,9-10,12-13,17-18H2,1H3,(H,28,29). The zero-order chi connectivity index (χ0) is 21.8. The lowest BCUT2D eigenvalue weighted by atomic mass is 10.0. The maximum atomic E-state index is 5.86. The second kappa shape index (κ2) is 9.40. The van der Waals surface area contributed by atoms with Crippen molar-refractivity contribution < 1.29 is 9.47 Å². The third-order valence-corrected chi connectivity index (χ3v) is 6.10. The van der Waals surface area contributed by atoms with Gasteiger partial charge in [-0.2, -0.15) is 5.10 Å². The minimum atomic E-state index is 0.474. The summed E-state index contributed by atoms with van der Waals surface area (Å²) in [6.07, 6.45) is 3.78. The number of methoxy groups -OCH3 is 1. The van der Waals surface area contributed by atoms with Crippen LogP contribution in [0.1, 0.15) is 29.3 Å². The molecule has 2 aromatic heterocycles. The van der Waals surface area contributed by atoms with Gasteiger partial charge in [-0.15, -0.1) is 0 Å². The van der Waals surface area contributed by atoms with Crippen LogP contribution in [0.5, 0.6) is 11.5 Å². The van der Waals surface area contributed by atoms with Crippen molar-refractivity contribution in [2.75, 3.05) is 26.8 Å². The average Bonchev–Trinajstić information content (AvgIpc) is 3.49. The average molecular weight is 429 g/mol. The van der Waals surface area contributed by atoms with Gasteiger partial charge in [0.15, 0.2) is 0 Å². The van der Waals surface area contributed by atoms with Crippen LogP contribution in [0.3, 0.4) is 0 Å². The molecule has 32 heavy (non-hydrogen) atoms. The first-order valence-corrected chi connectivity index (χ1v) is 11.1. The highest BCUT2D eigenvalue weighted by molar-refractivity contribution is 5.78. The van der Waals surface area contributed by atoms with Gasteiger partial charge >= 0.3 is 0 Å². The quantitative estimate of drug-likeness (QED) is 0.445. The van der Waals surface area contributed by atoms with Gasteiger partial charge in [0.1, 0.15) is 11.5 Å². The number of nitrogens with one attached hydrogen (secondary N) is 1. The number of likely N-dealkylation sites (tertiary alicyclic amines) is 1. The number of pyridine rings is 1. The van der Waals surface area contributed by atoms with Crippen LogP contribution in [0.25, 0.3) is 10.9 Å². The first-order valence-electron chi connectivity index (χ1n) is 11.1. The molecule has 6 nitrogen and oxygen atoms in total. The lowest BCUT2D eigenvalue weighted by Gasteiger charge is -2.16. The maximum Gasteiger partial charge on any atom is 0.123 e. The largest absolute Gasteiger partial charge is 0.497 e. The van der Waals surface area contributed by atoms with Crippen molar-refractivity contribution in [1.82, 2.24) is 20.1 Å². The number of rotatable bonds is 8. The molecule has 0 amide bonds. The number of hydrogen-bond acceptors (Lipinski definition) is 5. The van der Waals surface area contributed by atoms with Crippen LogP contribution in [0.15, 0.2) is 66.9 Å². The number of nitrogens with zero attached hydrogens (tertiary/aromatic N) is 3. The van der Waals surface area contributed by atoms with Crippen LogP contribution in [-0.2, 0) is 13.0 Å².